The van der Waals surface area contributed by atoms with E-state index in [0.717, 1.165) is 17.3 Å². The number of fused-ring (bicyclic) bond motifs is 1. The Labute approximate surface area is 93.8 Å². The van der Waals surface area contributed by atoms with Crippen molar-refractivity contribution in [1.29, 1.82) is 0 Å². The first-order valence-electron chi connectivity index (χ1n) is 5.37. The van der Waals surface area contributed by atoms with E-state index in [1.807, 2.05) is 25.1 Å². The number of carbonyl (C=O) groups excluding carboxylic acids is 1. The SMILES string of the molecule is CCCNC(=O)c1c[nH]c2ccc(N)cc12. The van der Waals surface area contributed by atoms with E-state index < -0.39 is 0 Å². The van der Waals surface area contributed by atoms with Gasteiger partial charge in [0.25, 0.3) is 5.91 Å². The van der Waals surface area contributed by atoms with Crippen LogP contribution in [0.25, 0.3) is 10.9 Å². The molecule has 2 aromatic rings. The summed E-state index contributed by atoms with van der Waals surface area (Å²) in [6, 6.07) is 5.50. The number of anilines is 1. The summed E-state index contributed by atoms with van der Waals surface area (Å²) in [6.45, 7) is 2.71. The first kappa shape index (κ1) is 10.5. The molecule has 1 aromatic heterocycles. The van der Waals surface area contributed by atoms with E-state index in [9.17, 15) is 4.79 Å². The monoisotopic (exact) mass is 217 g/mol. The Hall–Kier alpha value is -1.97. The Balaban J connectivity index is 2.37. The number of rotatable bonds is 3. The van der Waals surface area contributed by atoms with Gasteiger partial charge in [-0.25, -0.2) is 0 Å². The number of nitrogens with one attached hydrogen (secondary N) is 2. The van der Waals surface area contributed by atoms with Gasteiger partial charge in [-0.1, -0.05) is 6.92 Å². The minimum Gasteiger partial charge on any atom is -0.399 e. The van der Waals surface area contributed by atoms with Crippen LogP contribution in [0.15, 0.2) is 24.4 Å². The standard InChI is InChI=1S/C12H15N3O/c1-2-5-14-12(16)10-7-15-11-4-3-8(13)6-9(10)11/h3-4,6-7,15H,2,5,13H2,1H3,(H,14,16). The molecule has 0 spiro atoms. The number of aromatic amines is 1. The molecule has 16 heavy (non-hydrogen) atoms. The van der Waals surface area contributed by atoms with Crippen molar-refractivity contribution in [2.24, 2.45) is 0 Å². The van der Waals surface area contributed by atoms with E-state index in [1.54, 1.807) is 6.20 Å². The van der Waals surface area contributed by atoms with Gasteiger partial charge >= 0.3 is 0 Å². The van der Waals surface area contributed by atoms with E-state index in [1.165, 1.54) is 0 Å². The van der Waals surface area contributed by atoms with Crippen molar-refractivity contribution in [1.82, 2.24) is 10.3 Å². The Kier molecular flexibility index (Phi) is 2.81. The quantitative estimate of drug-likeness (QED) is 0.687. The molecule has 4 nitrogen and oxygen atoms in total. The highest BCUT2D eigenvalue weighted by atomic mass is 16.1. The zero-order valence-corrected chi connectivity index (χ0v) is 9.21. The van der Waals surface area contributed by atoms with Crippen LogP contribution in [0.3, 0.4) is 0 Å². The van der Waals surface area contributed by atoms with E-state index >= 15 is 0 Å². The number of hydrogen-bond acceptors (Lipinski definition) is 2. The van der Waals surface area contributed by atoms with Crippen molar-refractivity contribution in [3.63, 3.8) is 0 Å². The van der Waals surface area contributed by atoms with E-state index in [0.29, 0.717) is 17.8 Å². The summed E-state index contributed by atoms with van der Waals surface area (Å²) in [5.41, 5.74) is 7.95. The van der Waals surface area contributed by atoms with Gasteiger partial charge < -0.3 is 16.0 Å². The molecule has 2 rings (SSSR count). The third kappa shape index (κ3) is 1.86. The fourth-order valence-electron chi connectivity index (χ4n) is 1.66. The van der Waals surface area contributed by atoms with Crippen LogP contribution in [0.4, 0.5) is 5.69 Å². The largest absolute Gasteiger partial charge is 0.399 e. The number of nitrogens with two attached hydrogens (primary N) is 1. The molecule has 1 amide bonds. The number of carbonyl (C=O) groups is 1. The van der Waals surface area contributed by atoms with Gasteiger partial charge in [-0.15, -0.1) is 0 Å². The molecular formula is C12H15N3O. The van der Waals surface area contributed by atoms with Gasteiger partial charge in [-0.2, -0.15) is 0 Å². The number of benzene rings is 1. The van der Waals surface area contributed by atoms with Crippen LogP contribution in [-0.2, 0) is 0 Å². The molecule has 0 aliphatic heterocycles. The number of amides is 1. The highest BCUT2D eigenvalue weighted by molar-refractivity contribution is 6.07. The first-order chi connectivity index (χ1) is 7.72. The third-order valence-corrected chi connectivity index (χ3v) is 2.49. The lowest BCUT2D eigenvalue weighted by Crippen LogP contribution is -2.23. The Morgan fingerprint density at radius 1 is 1.50 bits per heavy atom. The average Bonchev–Trinajstić information content (AvgIpc) is 2.68. The first-order valence-corrected chi connectivity index (χ1v) is 5.37. The maximum absolute atomic E-state index is 11.8. The fraction of sp³-hybridized carbons (Fsp3) is 0.250. The lowest BCUT2D eigenvalue weighted by molar-refractivity contribution is 0.0955. The van der Waals surface area contributed by atoms with E-state index in [4.69, 9.17) is 5.73 Å². The predicted octanol–water partition coefficient (Wildman–Crippen LogP) is 1.89. The lowest BCUT2D eigenvalue weighted by atomic mass is 10.1. The van der Waals surface area contributed by atoms with Gasteiger partial charge in [0.05, 0.1) is 5.56 Å². The van der Waals surface area contributed by atoms with Gasteiger partial charge in [0, 0.05) is 29.3 Å². The van der Waals surface area contributed by atoms with E-state index in [-0.39, 0.29) is 5.91 Å². The van der Waals surface area contributed by atoms with Crippen LogP contribution in [-0.4, -0.2) is 17.4 Å². The Morgan fingerprint density at radius 2 is 2.31 bits per heavy atom. The molecule has 0 saturated heterocycles. The predicted molar refractivity (Wildman–Crippen MR) is 65.3 cm³/mol. The molecule has 4 N–H and O–H groups in total. The van der Waals surface area contributed by atoms with Crippen molar-refractivity contribution in [2.75, 3.05) is 12.3 Å². The molecular weight excluding hydrogens is 202 g/mol. The molecule has 1 aromatic carbocycles. The lowest BCUT2D eigenvalue weighted by Gasteiger charge is -2.02. The normalized spacial score (nSPS) is 10.6. The minimum absolute atomic E-state index is 0.0568. The van der Waals surface area contributed by atoms with Crippen molar-refractivity contribution >= 4 is 22.5 Å². The van der Waals surface area contributed by atoms with Crippen molar-refractivity contribution < 1.29 is 4.79 Å². The highest BCUT2D eigenvalue weighted by Gasteiger charge is 2.10. The van der Waals surface area contributed by atoms with Gasteiger partial charge in [-0.05, 0) is 24.6 Å². The average molecular weight is 217 g/mol. The zero-order chi connectivity index (χ0) is 11.5. The van der Waals surface area contributed by atoms with Crippen LogP contribution < -0.4 is 11.1 Å². The Bertz CT molecular complexity index is 516. The molecule has 0 bridgehead atoms. The smallest absolute Gasteiger partial charge is 0.253 e. The van der Waals surface area contributed by atoms with Crippen LogP contribution in [0, 0.1) is 0 Å². The zero-order valence-electron chi connectivity index (χ0n) is 9.21. The molecule has 4 heteroatoms. The van der Waals surface area contributed by atoms with Gasteiger partial charge in [0.2, 0.25) is 0 Å². The van der Waals surface area contributed by atoms with Crippen molar-refractivity contribution in [2.45, 2.75) is 13.3 Å². The maximum Gasteiger partial charge on any atom is 0.253 e. The van der Waals surface area contributed by atoms with Gasteiger partial charge in [-0.3, -0.25) is 4.79 Å². The number of nitrogen functional groups attached to an aromatic ring is 1. The molecule has 0 radical (unpaired) electrons. The second-order valence-corrected chi connectivity index (χ2v) is 3.76. The maximum atomic E-state index is 11.8. The number of hydrogen-bond donors (Lipinski definition) is 3. The van der Waals surface area contributed by atoms with Crippen LogP contribution in [0.5, 0.6) is 0 Å². The summed E-state index contributed by atoms with van der Waals surface area (Å²) in [5.74, 6) is -0.0568. The molecule has 0 fully saturated rings. The van der Waals surface area contributed by atoms with Crippen LogP contribution >= 0.6 is 0 Å². The highest BCUT2D eigenvalue weighted by Crippen LogP contribution is 2.20. The van der Waals surface area contributed by atoms with E-state index in [2.05, 4.69) is 10.3 Å². The molecule has 0 saturated carbocycles. The van der Waals surface area contributed by atoms with Crippen LogP contribution in [0.1, 0.15) is 23.7 Å². The van der Waals surface area contributed by atoms with Crippen molar-refractivity contribution in [3.8, 4) is 0 Å². The summed E-state index contributed by atoms with van der Waals surface area (Å²) in [7, 11) is 0. The summed E-state index contributed by atoms with van der Waals surface area (Å²) >= 11 is 0. The molecule has 0 aliphatic rings. The molecule has 0 unspecified atom stereocenters. The second-order valence-electron chi connectivity index (χ2n) is 3.76. The summed E-state index contributed by atoms with van der Waals surface area (Å²) in [6.07, 6.45) is 2.64. The van der Waals surface area contributed by atoms with Gasteiger partial charge in [0.1, 0.15) is 0 Å². The summed E-state index contributed by atoms with van der Waals surface area (Å²) in [5, 5.41) is 3.72. The van der Waals surface area contributed by atoms with Crippen LogP contribution in [0.2, 0.25) is 0 Å². The Morgan fingerprint density at radius 3 is 3.06 bits per heavy atom. The molecule has 1 heterocycles. The summed E-state index contributed by atoms with van der Waals surface area (Å²) in [4.78, 5) is 14.9. The molecule has 0 aliphatic carbocycles. The second kappa shape index (κ2) is 4.26. The molecule has 0 atom stereocenters. The minimum atomic E-state index is -0.0568. The topological polar surface area (TPSA) is 70.9 Å². The summed E-state index contributed by atoms with van der Waals surface area (Å²) < 4.78 is 0. The number of aromatic nitrogens is 1. The molecule has 84 valence electrons. The number of H-pyrrole nitrogens is 1. The van der Waals surface area contributed by atoms with Crippen molar-refractivity contribution in [3.05, 3.63) is 30.0 Å². The fourth-order valence-corrected chi connectivity index (χ4v) is 1.66. The van der Waals surface area contributed by atoms with Gasteiger partial charge in [0.15, 0.2) is 0 Å². The third-order valence-electron chi connectivity index (χ3n) is 2.49.